The molecule has 5 atom stereocenters. The van der Waals surface area contributed by atoms with Crippen molar-refractivity contribution in [2.24, 2.45) is 0 Å². The fourth-order valence-corrected chi connectivity index (χ4v) is 6.65. The third-order valence-corrected chi connectivity index (χ3v) is 9.35. The highest BCUT2D eigenvalue weighted by atomic mass is 16.7. The van der Waals surface area contributed by atoms with E-state index in [4.69, 9.17) is 14.2 Å². The number of nitrogens with zero attached hydrogens (tertiary/aromatic N) is 1. The van der Waals surface area contributed by atoms with Gasteiger partial charge in [0.05, 0.1) is 32.0 Å². The van der Waals surface area contributed by atoms with Gasteiger partial charge >= 0.3 is 12.0 Å². The van der Waals surface area contributed by atoms with Crippen LogP contribution in [0.3, 0.4) is 0 Å². The van der Waals surface area contributed by atoms with Crippen molar-refractivity contribution in [3.05, 3.63) is 131 Å². The van der Waals surface area contributed by atoms with Gasteiger partial charge in [-0.05, 0) is 39.8 Å². The van der Waals surface area contributed by atoms with Gasteiger partial charge in [-0.1, -0.05) is 103 Å². The van der Waals surface area contributed by atoms with Crippen LogP contribution in [0.5, 0.6) is 0 Å². The molecule has 0 saturated carbocycles. The molecule has 50 heavy (non-hydrogen) atoms. The maximum Gasteiger partial charge on any atom is 0.328 e. The number of carbonyl (C=O) groups excluding carboxylic acids is 2. The van der Waals surface area contributed by atoms with Gasteiger partial charge < -0.3 is 35.1 Å². The minimum atomic E-state index is -0.824. The van der Waals surface area contributed by atoms with E-state index in [0.717, 1.165) is 51.9 Å². The van der Waals surface area contributed by atoms with Gasteiger partial charge in [-0.2, -0.15) is 0 Å². The van der Waals surface area contributed by atoms with Crippen molar-refractivity contribution in [1.29, 1.82) is 0 Å². The van der Waals surface area contributed by atoms with Crippen molar-refractivity contribution < 1.29 is 34.0 Å². The number of methoxy groups -OCH3 is 1. The molecule has 10 nitrogen and oxygen atoms in total. The number of ether oxygens (including phenoxy) is 3. The average molecular weight is 680 g/mol. The Morgan fingerprint density at radius 3 is 2.32 bits per heavy atom. The van der Waals surface area contributed by atoms with Crippen molar-refractivity contribution in [3.63, 3.8) is 0 Å². The number of aliphatic hydroxyl groups excluding tert-OH is 2. The number of hydrogen-bond donors (Lipinski definition) is 4. The SMILES string of the molecule is COC(=O)[C@H](Cc1ccccc1)NC(=O)NCc1ccccc1-c1ccc([C@@H]2O[C@H](CN3CC[C@H](O)C3)C[C@H](c3ccc(CO)cc3)O2)cc1. The summed E-state index contributed by atoms with van der Waals surface area (Å²) in [6.45, 7) is 2.43. The van der Waals surface area contributed by atoms with Gasteiger partial charge in [-0.15, -0.1) is 0 Å². The van der Waals surface area contributed by atoms with E-state index in [9.17, 15) is 19.8 Å². The van der Waals surface area contributed by atoms with E-state index < -0.39 is 24.3 Å². The Hall–Kier alpha value is -4.58. The van der Waals surface area contributed by atoms with E-state index >= 15 is 0 Å². The van der Waals surface area contributed by atoms with Crippen LogP contribution >= 0.6 is 0 Å². The van der Waals surface area contributed by atoms with Crippen LogP contribution in [0.4, 0.5) is 4.79 Å². The van der Waals surface area contributed by atoms with E-state index in [1.165, 1.54) is 7.11 Å². The van der Waals surface area contributed by atoms with Gasteiger partial charge in [0.1, 0.15) is 6.04 Å². The first-order chi connectivity index (χ1) is 24.4. The van der Waals surface area contributed by atoms with Crippen LogP contribution < -0.4 is 10.6 Å². The molecule has 2 saturated heterocycles. The number of nitrogens with one attached hydrogen (secondary N) is 2. The molecule has 0 unspecified atom stereocenters. The number of likely N-dealkylation sites (tertiary alicyclic amines) is 1. The molecule has 2 amide bonds. The summed E-state index contributed by atoms with van der Waals surface area (Å²) in [5.74, 6) is -0.512. The van der Waals surface area contributed by atoms with E-state index in [0.29, 0.717) is 25.9 Å². The molecule has 10 heteroatoms. The third-order valence-electron chi connectivity index (χ3n) is 9.35. The van der Waals surface area contributed by atoms with Crippen LogP contribution in [-0.4, -0.2) is 72.1 Å². The zero-order valence-corrected chi connectivity index (χ0v) is 28.2. The molecule has 4 N–H and O–H groups in total. The van der Waals surface area contributed by atoms with Crippen LogP contribution in [-0.2, 0) is 38.6 Å². The summed E-state index contributed by atoms with van der Waals surface area (Å²) in [7, 11) is 1.31. The van der Waals surface area contributed by atoms with Crippen LogP contribution in [0.2, 0.25) is 0 Å². The highest BCUT2D eigenvalue weighted by molar-refractivity contribution is 5.84. The maximum atomic E-state index is 12.9. The normalized spacial score (nSPS) is 21.3. The molecule has 0 bridgehead atoms. The highest BCUT2D eigenvalue weighted by Gasteiger charge is 2.34. The van der Waals surface area contributed by atoms with Gasteiger partial charge in [-0.25, -0.2) is 9.59 Å². The van der Waals surface area contributed by atoms with E-state index in [-0.39, 0.29) is 31.5 Å². The number of benzene rings is 4. The van der Waals surface area contributed by atoms with Crippen molar-refractivity contribution in [1.82, 2.24) is 15.5 Å². The lowest BCUT2D eigenvalue weighted by Gasteiger charge is -2.38. The fourth-order valence-electron chi connectivity index (χ4n) is 6.65. The second-order valence-electron chi connectivity index (χ2n) is 12.9. The van der Waals surface area contributed by atoms with Crippen LogP contribution in [0.1, 0.15) is 53.1 Å². The second-order valence-corrected chi connectivity index (χ2v) is 12.9. The summed E-state index contributed by atoms with van der Waals surface area (Å²) in [6, 6.07) is 32.0. The lowest BCUT2D eigenvalue weighted by molar-refractivity contribution is -0.252. The van der Waals surface area contributed by atoms with Crippen LogP contribution in [0, 0.1) is 0 Å². The average Bonchev–Trinajstić information content (AvgIpc) is 3.57. The molecule has 4 aromatic carbocycles. The van der Waals surface area contributed by atoms with Gasteiger partial charge in [0, 0.05) is 44.6 Å². The predicted molar refractivity (Wildman–Crippen MR) is 189 cm³/mol. The number of β-amino-alcohol motifs (C(OH)–C–C–N with tert-alkyl or cyclic N) is 1. The lowest BCUT2D eigenvalue weighted by atomic mass is 9.97. The summed E-state index contributed by atoms with van der Waals surface area (Å²) in [4.78, 5) is 27.6. The molecule has 0 radical (unpaired) electrons. The molecule has 2 aliphatic rings. The Bertz CT molecular complexity index is 1700. The van der Waals surface area contributed by atoms with Gasteiger partial charge in [0.15, 0.2) is 6.29 Å². The predicted octanol–water partition coefficient (Wildman–Crippen LogP) is 5.04. The third kappa shape index (κ3) is 9.15. The first-order valence-corrected chi connectivity index (χ1v) is 17.1. The smallest absolute Gasteiger partial charge is 0.328 e. The summed E-state index contributed by atoms with van der Waals surface area (Å²) < 4.78 is 18.0. The first kappa shape index (κ1) is 35.3. The molecule has 6 rings (SSSR count). The van der Waals surface area contributed by atoms with Crippen molar-refractivity contribution in [2.75, 3.05) is 26.7 Å². The standard InChI is InChI=1S/C40H45N3O7/c1-48-38(46)36(21-27-7-3-2-4-8-27)42-40(47)41-23-32-9-5-6-10-35(32)29-15-17-31(18-16-29)39-49-34(25-43-20-19-33(45)24-43)22-37(50-39)30-13-11-28(26-44)12-14-30/h2-18,33-34,36-37,39,44-45H,19-26H2,1H3,(H2,41,42,47)/t33-,34-,36-,37+,39+/m0/s1. The van der Waals surface area contributed by atoms with Gasteiger partial charge in [0.25, 0.3) is 0 Å². The molecule has 2 aliphatic heterocycles. The Morgan fingerprint density at radius 2 is 1.62 bits per heavy atom. The minimum Gasteiger partial charge on any atom is -0.467 e. The topological polar surface area (TPSA) is 130 Å². The number of carbonyl (C=O) groups is 2. The molecule has 4 aromatic rings. The monoisotopic (exact) mass is 679 g/mol. The molecule has 0 spiro atoms. The summed E-state index contributed by atoms with van der Waals surface area (Å²) in [5.41, 5.74) is 6.53. The summed E-state index contributed by atoms with van der Waals surface area (Å²) in [5, 5.41) is 25.3. The minimum absolute atomic E-state index is 0.0131. The van der Waals surface area contributed by atoms with E-state index in [1.807, 2.05) is 103 Å². The molecule has 0 aliphatic carbocycles. The molecular formula is C40H45N3O7. The molecular weight excluding hydrogens is 634 g/mol. The Labute approximate surface area is 293 Å². The Morgan fingerprint density at radius 1 is 0.900 bits per heavy atom. The number of urea groups is 1. The molecule has 2 fully saturated rings. The summed E-state index contributed by atoms with van der Waals surface area (Å²) >= 11 is 0. The quantitative estimate of drug-likeness (QED) is 0.153. The Kier molecular flexibility index (Phi) is 11.9. The van der Waals surface area contributed by atoms with Gasteiger partial charge in [-0.3, -0.25) is 4.90 Å². The lowest BCUT2D eigenvalue weighted by Crippen LogP contribution is -2.47. The van der Waals surface area contributed by atoms with E-state index in [1.54, 1.807) is 0 Å². The highest BCUT2D eigenvalue weighted by Crippen LogP contribution is 2.39. The second kappa shape index (κ2) is 16.9. The first-order valence-electron chi connectivity index (χ1n) is 17.1. The number of hydrogen-bond acceptors (Lipinski definition) is 8. The molecule has 2 heterocycles. The summed E-state index contributed by atoms with van der Waals surface area (Å²) in [6.07, 6.45) is 0.594. The number of esters is 1. The van der Waals surface area contributed by atoms with Crippen molar-refractivity contribution >= 4 is 12.0 Å². The van der Waals surface area contributed by atoms with E-state index in [2.05, 4.69) is 15.5 Å². The number of amides is 2. The number of aliphatic hydroxyl groups is 2. The molecule has 262 valence electrons. The van der Waals surface area contributed by atoms with Crippen LogP contribution in [0.25, 0.3) is 11.1 Å². The zero-order valence-electron chi connectivity index (χ0n) is 28.2. The maximum absolute atomic E-state index is 12.9. The van der Waals surface area contributed by atoms with Crippen LogP contribution in [0.15, 0.2) is 103 Å². The molecule has 0 aromatic heterocycles. The van der Waals surface area contributed by atoms with Crippen molar-refractivity contribution in [2.45, 2.75) is 63.1 Å². The fraction of sp³-hybridized carbons (Fsp3) is 0.350. The number of rotatable bonds is 12. The largest absolute Gasteiger partial charge is 0.467 e. The zero-order chi connectivity index (χ0) is 34.9. The Balaban J connectivity index is 1.13. The van der Waals surface area contributed by atoms with Gasteiger partial charge in [0.2, 0.25) is 0 Å². The van der Waals surface area contributed by atoms with Crippen molar-refractivity contribution in [3.8, 4) is 11.1 Å².